The van der Waals surface area contributed by atoms with E-state index >= 15 is 0 Å². The number of aliphatic hydroxyl groups excluding tert-OH is 3. The maximum Gasteiger partial charge on any atom is 0.407 e. The summed E-state index contributed by atoms with van der Waals surface area (Å²) in [6.07, 6.45) is 10.4. The van der Waals surface area contributed by atoms with Gasteiger partial charge in [-0.1, -0.05) is 15.9 Å². The van der Waals surface area contributed by atoms with Crippen molar-refractivity contribution >= 4 is 28.1 Å². The van der Waals surface area contributed by atoms with Crippen molar-refractivity contribution < 1.29 is 48.6 Å². The van der Waals surface area contributed by atoms with E-state index in [-0.39, 0.29) is 32.0 Å². The van der Waals surface area contributed by atoms with E-state index in [0.29, 0.717) is 19.7 Å². The minimum absolute atomic E-state index is 0.195. The third kappa shape index (κ3) is 54.5. The van der Waals surface area contributed by atoms with Gasteiger partial charge in [-0.2, -0.15) is 0 Å². The summed E-state index contributed by atoms with van der Waals surface area (Å²) in [7, 11) is 0. The third-order valence-corrected chi connectivity index (χ3v) is 6.09. The number of nitrogens with one attached hydrogen (secondary N) is 2. The first kappa shape index (κ1) is 50.2. The number of hydrogen-bond acceptors (Lipinski definition) is 10. The van der Waals surface area contributed by atoms with E-state index in [9.17, 15) is 9.59 Å². The van der Waals surface area contributed by atoms with Gasteiger partial charge in [-0.15, -0.1) is 0 Å². The molecule has 0 aliphatic carbocycles. The Morgan fingerprint density at radius 2 is 0.766 bits per heavy atom. The molecule has 0 saturated heterocycles. The molecule has 0 aliphatic heterocycles. The van der Waals surface area contributed by atoms with Gasteiger partial charge in [-0.05, 0) is 119 Å². The highest BCUT2D eigenvalue weighted by molar-refractivity contribution is 9.09. The van der Waals surface area contributed by atoms with Gasteiger partial charge >= 0.3 is 12.2 Å². The van der Waals surface area contributed by atoms with E-state index in [4.69, 9.17) is 39.0 Å². The van der Waals surface area contributed by atoms with Crippen molar-refractivity contribution in [2.24, 2.45) is 0 Å². The molecule has 2 amide bonds. The van der Waals surface area contributed by atoms with Crippen molar-refractivity contribution in [1.82, 2.24) is 10.6 Å². The van der Waals surface area contributed by atoms with Crippen molar-refractivity contribution in [3.63, 3.8) is 0 Å². The minimum atomic E-state index is -0.449. The monoisotopic (exact) mass is 746 g/mol. The second-order valence-corrected chi connectivity index (χ2v) is 13.6. The molecule has 0 rings (SSSR count). The van der Waals surface area contributed by atoms with Crippen molar-refractivity contribution in [2.75, 3.05) is 77.9 Å². The lowest BCUT2D eigenvalue weighted by Gasteiger charge is -2.19. The van der Waals surface area contributed by atoms with Crippen LogP contribution in [0.3, 0.4) is 0 Å². The first-order valence-electron chi connectivity index (χ1n) is 17.4. The number of alkyl carbamates (subject to hydrolysis) is 2. The van der Waals surface area contributed by atoms with Crippen molar-refractivity contribution in [3.05, 3.63) is 0 Å². The number of carbonyl (C=O) groups excluding carboxylic acids is 2. The number of amides is 2. The molecule has 0 radical (unpaired) electrons. The summed E-state index contributed by atoms with van der Waals surface area (Å²) in [5, 5.41) is 31.3. The van der Waals surface area contributed by atoms with Gasteiger partial charge < -0.3 is 49.6 Å². The summed E-state index contributed by atoms with van der Waals surface area (Å²) in [6.45, 7) is 17.5. The standard InChI is InChI=1S/C17H35NO5.C13H26BrNO3.C4H10O2/c1-17(2,3)23-16(20)18-10-4-6-12-21-14-8-9-15-22-13-7-5-11-19;1-13(2,3)18-12(16)15-9-5-7-11-17-10-6-4-8-14;5-3-1-2-4-6/h19H,4-15H2,1-3H3,(H,18,20);4-11H2,1-3H3,(H,15,16);5-6H,1-4H2. The predicted octanol–water partition coefficient (Wildman–Crippen LogP) is 6.11. The fourth-order valence-electron chi connectivity index (χ4n) is 3.22. The summed E-state index contributed by atoms with van der Waals surface area (Å²) >= 11 is 3.38. The molecule has 0 spiro atoms. The summed E-state index contributed by atoms with van der Waals surface area (Å²) in [6, 6.07) is 0. The van der Waals surface area contributed by atoms with Crippen LogP contribution in [0.2, 0.25) is 0 Å². The highest BCUT2D eigenvalue weighted by Crippen LogP contribution is 2.07. The Bertz CT molecular complexity index is 658. The van der Waals surface area contributed by atoms with Crippen LogP contribution >= 0.6 is 15.9 Å². The number of carbonyl (C=O) groups is 2. The van der Waals surface area contributed by atoms with Gasteiger partial charge in [0.2, 0.25) is 0 Å². The number of hydrogen-bond donors (Lipinski definition) is 5. The summed E-state index contributed by atoms with van der Waals surface area (Å²) in [5.41, 5.74) is -0.877. The third-order valence-electron chi connectivity index (χ3n) is 5.53. The lowest BCUT2D eigenvalue weighted by Crippen LogP contribution is -2.33. The topological polar surface area (TPSA) is 165 Å². The molecule has 0 fully saturated rings. The molecule has 0 aliphatic rings. The zero-order valence-electron chi connectivity index (χ0n) is 30.5. The average Bonchev–Trinajstić information content (AvgIpc) is 2.98. The summed E-state index contributed by atoms with van der Waals surface area (Å²) < 4.78 is 26.7. The van der Waals surface area contributed by atoms with Crippen LogP contribution in [0, 0.1) is 0 Å². The largest absolute Gasteiger partial charge is 0.444 e. The fourth-order valence-corrected chi connectivity index (χ4v) is 3.62. The van der Waals surface area contributed by atoms with Crippen LogP contribution < -0.4 is 10.6 Å². The average molecular weight is 748 g/mol. The Morgan fingerprint density at radius 1 is 0.489 bits per heavy atom. The van der Waals surface area contributed by atoms with Gasteiger partial charge in [-0.3, -0.25) is 0 Å². The summed E-state index contributed by atoms with van der Waals surface area (Å²) in [5.74, 6) is 0. The molecule has 284 valence electrons. The Morgan fingerprint density at radius 3 is 1.06 bits per heavy atom. The zero-order chi connectivity index (χ0) is 36.1. The Kier molecular flexibility index (Phi) is 40.1. The van der Waals surface area contributed by atoms with Crippen LogP contribution in [0.1, 0.15) is 119 Å². The number of unbranched alkanes of at least 4 members (excludes halogenated alkanes) is 6. The number of rotatable bonds is 26. The first-order chi connectivity index (χ1) is 22.3. The molecule has 0 aromatic rings. The van der Waals surface area contributed by atoms with Crippen molar-refractivity contribution in [2.45, 2.75) is 130 Å². The van der Waals surface area contributed by atoms with Gasteiger partial charge in [0.05, 0.1) is 0 Å². The van der Waals surface area contributed by atoms with E-state index in [1.54, 1.807) is 0 Å². The number of aliphatic hydroxyl groups is 3. The second-order valence-electron chi connectivity index (χ2n) is 12.8. The lowest BCUT2D eigenvalue weighted by molar-refractivity contribution is 0.0513. The van der Waals surface area contributed by atoms with Crippen LogP contribution in [0.4, 0.5) is 9.59 Å². The van der Waals surface area contributed by atoms with Gasteiger partial charge in [0.15, 0.2) is 0 Å². The van der Waals surface area contributed by atoms with Crippen LogP contribution in [-0.2, 0) is 23.7 Å². The van der Waals surface area contributed by atoms with Crippen LogP contribution in [0.25, 0.3) is 0 Å². The lowest BCUT2D eigenvalue weighted by atomic mass is 10.2. The van der Waals surface area contributed by atoms with Gasteiger partial charge in [0.25, 0.3) is 0 Å². The molecule has 12 nitrogen and oxygen atoms in total. The molecule has 0 aromatic carbocycles. The summed E-state index contributed by atoms with van der Waals surface area (Å²) in [4.78, 5) is 22.7. The Labute approximate surface area is 294 Å². The maximum atomic E-state index is 11.4. The van der Waals surface area contributed by atoms with Gasteiger partial charge in [-0.25, -0.2) is 9.59 Å². The smallest absolute Gasteiger partial charge is 0.407 e. The quantitative estimate of drug-likeness (QED) is 0.0515. The van der Waals surface area contributed by atoms with Crippen molar-refractivity contribution in [3.8, 4) is 0 Å². The predicted molar refractivity (Wildman–Crippen MR) is 191 cm³/mol. The molecule has 0 heterocycles. The molecular formula is C34H71BrN2O10. The van der Waals surface area contributed by atoms with E-state index in [0.717, 1.165) is 115 Å². The normalized spacial score (nSPS) is 11.1. The Hall–Kier alpha value is -1.22. The highest BCUT2D eigenvalue weighted by atomic mass is 79.9. The molecule has 13 heteroatoms. The molecule has 47 heavy (non-hydrogen) atoms. The highest BCUT2D eigenvalue weighted by Gasteiger charge is 2.16. The first-order valence-corrected chi connectivity index (χ1v) is 18.5. The molecule has 0 saturated carbocycles. The van der Waals surface area contributed by atoms with Gasteiger partial charge in [0.1, 0.15) is 11.2 Å². The number of halogens is 1. The molecule has 5 N–H and O–H groups in total. The van der Waals surface area contributed by atoms with E-state index in [1.807, 2.05) is 41.5 Å². The molecular weight excluding hydrogens is 676 g/mol. The van der Waals surface area contributed by atoms with E-state index in [1.165, 1.54) is 0 Å². The molecule has 0 bridgehead atoms. The fraction of sp³-hybridized carbons (Fsp3) is 0.941. The Balaban J connectivity index is -0.000000715. The number of ether oxygens (including phenoxy) is 5. The SMILES string of the molecule is CC(C)(C)OC(=O)NCCCCOCCCCBr.CC(C)(C)OC(=O)NCCCCOCCCCOCCCCO.OCCCCO. The molecule has 0 unspecified atom stereocenters. The van der Waals surface area contributed by atoms with Crippen LogP contribution in [0.15, 0.2) is 0 Å². The zero-order valence-corrected chi connectivity index (χ0v) is 32.1. The van der Waals surface area contributed by atoms with Gasteiger partial charge in [0, 0.05) is 77.9 Å². The van der Waals surface area contributed by atoms with E-state index < -0.39 is 11.2 Å². The number of alkyl halides is 1. The molecule has 0 aromatic heterocycles. The minimum Gasteiger partial charge on any atom is -0.444 e. The maximum absolute atomic E-state index is 11.4. The van der Waals surface area contributed by atoms with E-state index in [2.05, 4.69) is 26.6 Å². The van der Waals surface area contributed by atoms with Crippen LogP contribution in [-0.4, -0.2) is 117 Å². The van der Waals surface area contributed by atoms with Crippen LogP contribution in [0.5, 0.6) is 0 Å². The van der Waals surface area contributed by atoms with Crippen molar-refractivity contribution in [1.29, 1.82) is 0 Å². The second kappa shape index (κ2) is 37.6. The molecule has 0 atom stereocenters.